The van der Waals surface area contributed by atoms with Gasteiger partial charge in [-0.25, -0.2) is 0 Å². The lowest BCUT2D eigenvalue weighted by molar-refractivity contribution is 0.0832. The summed E-state index contributed by atoms with van der Waals surface area (Å²) in [7, 11) is 0. The Labute approximate surface area is 117 Å². The maximum absolute atomic E-state index is 6.03. The molecule has 3 atom stereocenters. The lowest BCUT2D eigenvalue weighted by Gasteiger charge is -2.36. The molecular weight excluding hydrogens is 254 g/mol. The largest absolute Gasteiger partial charge is 0.377 e. The van der Waals surface area contributed by atoms with Crippen molar-refractivity contribution in [2.45, 2.75) is 25.5 Å². The number of nitrogens with one attached hydrogen (secondary N) is 1. The molecule has 1 saturated heterocycles. The highest BCUT2D eigenvalue weighted by Crippen LogP contribution is 2.50. The van der Waals surface area contributed by atoms with Gasteiger partial charge in [-0.1, -0.05) is 23.8 Å². The molecule has 0 saturated carbocycles. The third-order valence-corrected chi connectivity index (χ3v) is 5.20. The molecule has 19 heavy (non-hydrogen) atoms. The second kappa shape index (κ2) is 4.36. The van der Waals surface area contributed by atoms with Gasteiger partial charge in [-0.15, -0.1) is 11.3 Å². The van der Waals surface area contributed by atoms with Crippen LogP contribution in [0.4, 0.5) is 5.69 Å². The van der Waals surface area contributed by atoms with Crippen molar-refractivity contribution in [2.24, 2.45) is 5.92 Å². The predicted octanol–water partition coefficient (Wildman–Crippen LogP) is 4.30. The zero-order chi connectivity index (χ0) is 12.8. The Hall–Kier alpha value is -1.32. The molecule has 1 aromatic carbocycles. The van der Waals surface area contributed by atoms with Crippen LogP contribution >= 0.6 is 11.3 Å². The summed E-state index contributed by atoms with van der Waals surface area (Å²) in [6.07, 6.45) is 1.41. The number of anilines is 1. The molecule has 2 aliphatic rings. The molecule has 0 unspecified atom stereocenters. The molecule has 3 heterocycles. The van der Waals surface area contributed by atoms with Crippen LogP contribution in [0.1, 0.15) is 34.6 Å². The fourth-order valence-corrected chi connectivity index (χ4v) is 4.19. The maximum atomic E-state index is 6.03. The number of fused-ring (bicyclic) bond motifs is 3. The van der Waals surface area contributed by atoms with Crippen molar-refractivity contribution in [3.05, 3.63) is 51.7 Å². The Morgan fingerprint density at radius 1 is 1.32 bits per heavy atom. The quantitative estimate of drug-likeness (QED) is 0.835. The number of ether oxygens (including phenoxy) is 1. The van der Waals surface area contributed by atoms with E-state index >= 15 is 0 Å². The van der Waals surface area contributed by atoms with Gasteiger partial charge in [0, 0.05) is 28.7 Å². The molecule has 0 amide bonds. The molecule has 0 spiro atoms. The molecule has 0 aliphatic carbocycles. The first-order valence-electron chi connectivity index (χ1n) is 6.85. The van der Waals surface area contributed by atoms with E-state index in [0.29, 0.717) is 12.0 Å². The average Bonchev–Trinajstić information content (AvgIpc) is 3.09. The van der Waals surface area contributed by atoms with Crippen LogP contribution in [0.5, 0.6) is 0 Å². The normalized spacial score (nSPS) is 28.6. The van der Waals surface area contributed by atoms with Crippen molar-refractivity contribution in [3.8, 4) is 0 Å². The van der Waals surface area contributed by atoms with Crippen LogP contribution in [-0.4, -0.2) is 6.61 Å². The van der Waals surface area contributed by atoms with Gasteiger partial charge in [0.15, 0.2) is 0 Å². The van der Waals surface area contributed by atoms with E-state index in [9.17, 15) is 0 Å². The van der Waals surface area contributed by atoms with Crippen molar-refractivity contribution in [1.82, 2.24) is 0 Å². The summed E-state index contributed by atoms with van der Waals surface area (Å²) >= 11 is 1.84. The van der Waals surface area contributed by atoms with Gasteiger partial charge in [0.1, 0.15) is 0 Å². The number of thiophene rings is 1. The molecule has 2 aromatic rings. The molecule has 98 valence electrons. The highest BCUT2D eigenvalue weighted by atomic mass is 32.1. The van der Waals surface area contributed by atoms with Gasteiger partial charge in [-0.3, -0.25) is 0 Å². The van der Waals surface area contributed by atoms with E-state index in [1.807, 2.05) is 11.3 Å². The van der Waals surface area contributed by atoms with Gasteiger partial charge in [-0.2, -0.15) is 0 Å². The smallest absolute Gasteiger partial charge is 0.0897 e. The summed E-state index contributed by atoms with van der Waals surface area (Å²) < 4.78 is 6.03. The van der Waals surface area contributed by atoms with Crippen molar-refractivity contribution in [2.75, 3.05) is 11.9 Å². The molecule has 1 aromatic heterocycles. The Morgan fingerprint density at radius 3 is 3.11 bits per heavy atom. The zero-order valence-electron chi connectivity index (χ0n) is 10.9. The van der Waals surface area contributed by atoms with Gasteiger partial charge in [-0.05, 0) is 30.9 Å². The summed E-state index contributed by atoms with van der Waals surface area (Å²) in [6, 6.07) is 11.4. The number of aryl methyl sites for hydroxylation is 1. The van der Waals surface area contributed by atoms with Crippen LogP contribution in [0.2, 0.25) is 0 Å². The zero-order valence-corrected chi connectivity index (χ0v) is 11.7. The van der Waals surface area contributed by atoms with E-state index < -0.39 is 0 Å². The number of hydrogen-bond donors (Lipinski definition) is 1. The molecule has 1 fully saturated rings. The minimum absolute atomic E-state index is 0.267. The van der Waals surface area contributed by atoms with Crippen LogP contribution in [-0.2, 0) is 4.74 Å². The van der Waals surface area contributed by atoms with Gasteiger partial charge >= 0.3 is 0 Å². The minimum atomic E-state index is 0.267. The van der Waals surface area contributed by atoms with Gasteiger partial charge < -0.3 is 10.1 Å². The SMILES string of the molecule is Cc1ccc2c(c1)[C@H]1OCC[C@@H]1[C@H](c1cccs1)N2. The molecule has 2 nitrogen and oxygen atoms in total. The Morgan fingerprint density at radius 2 is 2.26 bits per heavy atom. The predicted molar refractivity (Wildman–Crippen MR) is 78.7 cm³/mol. The van der Waals surface area contributed by atoms with Gasteiger partial charge in [0.2, 0.25) is 0 Å². The second-order valence-electron chi connectivity index (χ2n) is 5.47. The third kappa shape index (κ3) is 1.80. The van der Waals surface area contributed by atoms with E-state index in [4.69, 9.17) is 4.74 Å². The van der Waals surface area contributed by atoms with Crippen molar-refractivity contribution < 1.29 is 4.74 Å². The summed E-state index contributed by atoms with van der Waals surface area (Å²) in [5.74, 6) is 0.563. The molecule has 3 heteroatoms. The third-order valence-electron chi connectivity index (χ3n) is 4.24. The van der Waals surface area contributed by atoms with Crippen LogP contribution in [0, 0.1) is 12.8 Å². The number of rotatable bonds is 1. The minimum Gasteiger partial charge on any atom is -0.377 e. The van der Waals surface area contributed by atoms with Crippen LogP contribution < -0.4 is 5.32 Å². The fraction of sp³-hybridized carbons (Fsp3) is 0.375. The number of benzene rings is 1. The van der Waals surface area contributed by atoms with Crippen LogP contribution in [0.3, 0.4) is 0 Å². The molecule has 2 aliphatic heterocycles. The van der Waals surface area contributed by atoms with E-state index in [1.54, 1.807) is 0 Å². The lowest BCUT2D eigenvalue weighted by atomic mass is 9.83. The number of hydrogen-bond acceptors (Lipinski definition) is 3. The van der Waals surface area contributed by atoms with E-state index in [1.165, 1.54) is 21.7 Å². The average molecular weight is 271 g/mol. The Bertz CT molecular complexity index is 593. The highest BCUT2D eigenvalue weighted by Gasteiger charge is 2.41. The second-order valence-corrected chi connectivity index (χ2v) is 6.45. The molecular formula is C16H17NOS. The standard InChI is InChI=1S/C16H17NOS/c1-10-4-5-13-12(9-10)16-11(6-7-18-16)15(17-13)14-3-2-8-19-14/h2-5,8-9,11,15-17H,6-7H2,1H3/t11-,15-,16+/m1/s1. The highest BCUT2D eigenvalue weighted by molar-refractivity contribution is 7.10. The Balaban J connectivity index is 1.80. The monoisotopic (exact) mass is 271 g/mol. The van der Waals surface area contributed by atoms with E-state index in [2.05, 4.69) is 48.0 Å². The molecule has 4 rings (SSSR count). The fourth-order valence-electron chi connectivity index (χ4n) is 3.34. The van der Waals surface area contributed by atoms with Gasteiger partial charge in [0.25, 0.3) is 0 Å². The summed E-state index contributed by atoms with van der Waals surface area (Å²) in [4.78, 5) is 1.42. The summed E-state index contributed by atoms with van der Waals surface area (Å²) in [6.45, 7) is 3.03. The molecule has 0 radical (unpaired) electrons. The topological polar surface area (TPSA) is 21.3 Å². The van der Waals surface area contributed by atoms with Crippen molar-refractivity contribution in [3.63, 3.8) is 0 Å². The maximum Gasteiger partial charge on any atom is 0.0897 e. The first-order chi connectivity index (χ1) is 9.33. The Kier molecular flexibility index (Phi) is 2.64. The van der Waals surface area contributed by atoms with E-state index in [0.717, 1.165) is 13.0 Å². The first-order valence-corrected chi connectivity index (χ1v) is 7.73. The van der Waals surface area contributed by atoms with E-state index in [-0.39, 0.29) is 6.10 Å². The van der Waals surface area contributed by atoms with Crippen LogP contribution in [0.25, 0.3) is 0 Å². The molecule has 1 N–H and O–H groups in total. The van der Waals surface area contributed by atoms with Crippen molar-refractivity contribution in [1.29, 1.82) is 0 Å². The summed E-state index contributed by atoms with van der Waals surface area (Å²) in [5.41, 5.74) is 3.90. The first kappa shape index (κ1) is 11.5. The van der Waals surface area contributed by atoms with Gasteiger partial charge in [0.05, 0.1) is 12.1 Å². The lowest BCUT2D eigenvalue weighted by Crippen LogP contribution is -2.28. The summed E-state index contributed by atoms with van der Waals surface area (Å²) in [5, 5.41) is 5.89. The molecule has 0 bridgehead atoms. The van der Waals surface area contributed by atoms with Crippen LogP contribution in [0.15, 0.2) is 35.7 Å². The van der Waals surface area contributed by atoms with Crippen molar-refractivity contribution >= 4 is 17.0 Å².